The third kappa shape index (κ3) is 4.76. The Bertz CT molecular complexity index is 1640. The van der Waals surface area contributed by atoms with E-state index in [9.17, 15) is 35.9 Å². The summed E-state index contributed by atoms with van der Waals surface area (Å²) in [5.74, 6) is -4.90. The molecule has 1 aromatic carbocycles. The molecule has 0 radical (unpaired) electrons. The van der Waals surface area contributed by atoms with Crippen LogP contribution in [0, 0.1) is 11.6 Å². The Morgan fingerprint density at radius 2 is 1.80 bits per heavy atom. The maximum absolute atomic E-state index is 14.8. The number of hydrogen-bond donors (Lipinski definition) is 2. The number of alkyl halides is 4. The van der Waals surface area contributed by atoms with Gasteiger partial charge in [0.05, 0.1) is 46.8 Å². The summed E-state index contributed by atoms with van der Waals surface area (Å²) in [4.78, 5) is 33.4. The number of pyridine rings is 1. The molecule has 1 aliphatic heterocycles. The van der Waals surface area contributed by atoms with Crippen LogP contribution in [0.2, 0.25) is 5.02 Å². The summed E-state index contributed by atoms with van der Waals surface area (Å²) in [5, 5.41) is 6.13. The Hall–Kier alpha value is -4.40. The van der Waals surface area contributed by atoms with Crippen molar-refractivity contribution in [1.29, 1.82) is 0 Å². The number of carbonyl (C=O) groups is 2. The zero-order valence-electron chi connectivity index (χ0n) is 19.9. The number of nitrogens with two attached hydrogens (primary N) is 1. The van der Waals surface area contributed by atoms with Gasteiger partial charge in [-0.05, 0) is 18.2 Å². The molecule has 2 amide bonds. The number of likely N-dealkylation sites (tertiary alicyclic amines) is 1. The molecule has 9 nitrogen and oxygen atoms in total. The van der Waals surface area contributed by atoms with Crippen LogP contribution in [0.15, 0.2) is 43.0 Å². The van der Waals surface area contributed by atoms with Crippen LogP contribution in [0.5, 0.6) is 0 Å². The fourth-order valence-electron chi connectivity index (χ4n) is 4.43. The van der Waals surface area contributed by atoms with Crippen LogP contribution in [-0.2, 0) is 6.18 Å². The van der Waals surface area contributed by atoms with Crippen LogP contribution < -0.4 is 11.1 Å². The van der Waals surface area contributed by atoms with E-state index in [1.54, 1.807) is 0 Å². The predicted molar refractivity (Wildman–Crippen MR) is 129 cm³/mol. The van der Waals surface area contributed by atoms with Gasteiger partial charge >= 0.3 is 6.18 Å². The largest absolute Gasteiger partial charge is 0.418 e. The molecule has 208 valence electrons. The second-order valence-electron chi connectivity index (χ2n) is 8.83. The van der Waals surface area contributed by atoms with Crippen molar-refractivity contribution in [2.24, 2.45) is 0 Å². The highest BCUT2D eigenvalue weighted by molar-refractivity contribution is 6.34. The number of hydrogen-bond acceptors (Lipinski definition) is 6. The summed E-state index contributed by atoms with van der Waals surface area (Å²) < 4.78 is 84.7. The summed E-state index contributed by atoms with van der Waals surface area (Å²) in [6, 6.07) is 3.31. The zero-order valence-corrected chi connectivity index (χ0v) is 20.6. The summed E-state index contributed by atoms with van der Waals surface area (Å²) >= 11 is 6.17. The number of aromatic nitrogens is 4. The van der Waals surface area contributed by atoms with Gasteiger partial charge in [-0.15, -0.1) is 0 Å². The van der Waals surface area contributed by atoms with Gasteiger partial charge in [0.1, 0.15) is 23.6 Å². The van der Waals surface area contributed by atoms with Gasteiger partial charge in [-0.3, -0.25) is 14.6 Å². The Kier molecular flexibility index (Phi) is 6.77. The standard InChI is InChI=1S/C24H16ClF6N7O2/c25-13-2-1-10(18-4-12(24(29,30)31)20-21(32)34-9-35-38(18)20)3-11(13)22(39)36-17-8-37(7-16(17)28)23(40)19-14(26)5-33-6-15(19)27/h1-6,9,16-17H,7-8H2,(H,36,39)(H2,32,34,35)/t16-,17+/m0/s1. The monoisotopic (exact) mass is 583 g/mol. The van der Waals surface area contributed by atoms with E-state index in [2.05, 4.69) is 20.4 Å². The molecule has 0 unspecified atom stereocenters. The molecule has 0 bridgehead atoms. The second kappa shape index (κ2) is 9.97. The van der Waals surface area contributed by atoms with E-state index in [1.165, 1.54) is 18.2 Å². The van der Waals surface area contributed by atoms with E-state index in [4.69, 9.17) is 17.3 Å². The van der Waals surface area contributed by atoms with Crippen molar-refractivity contribution < 1.29 is 35.9 Å². The number of benzene rings is 1. The van der Waals surface area contributed by atoms with Gasteiger partial charge in [0.15, 0.2) is 17.5 Å². The number of nitrogens with one attached hydrogen (secondary N) is 1. The van der Waals surface area contributed by atoms with Crippen LogP contribution in [0.1, 0.15) is 26.3 Å². The number of carbonyl (C=O) groups excluding carboxylic acids is 2. The maximum Gasteiger partial charge on any atom is 0.418 e. The topological polar surface area (TPSA) is 119 Å². The lowest BCUT2D eigenvalue weighted by molar-refractivity contribution is -0.136. The molecular formula is C24H16ClF6N7O2. The Labute approximate surface area is 225 Å². The minimum absolute atomic E-state index is 0.0791. The fraction of sp³-hybridized carbons (Fsp3) is 0.208. The average molecular weight is 584 g/mol. The van der Waals surface area contributed by atoms with Gasteiger partial charge in [0.25, 0.3) is 11.8 Å². The zero-order chi connectivity index (χ0) is 28.9. The normalized spacial score (nSPS) is 17.4. The van der Waals surface area contributed by atoms with Crippen LogP contribution in [-0.4, -0.2) is 61.6 Å². The van der Waals surface area contributed by atoms with Gasteiger partial charge in [-0.25, -0.2) is 22.7 Å². The summed E-state index contributed by atoms with van der Waals surface area (Å²) in [7, 11) is 0. The van der Waals surface area contributed by atoms with Crippen molar-refractivity contribution in [2.45, 2.75) is 18.4 Å². The lowest BCUT2D eigenvalue weighted by Gasteiger charge is -2.17. The van der Waals surface area contributed by atoms with Gasteiger partial charge in [-0.2, -0.15) is 18.3 Å². The highest BCUT2D eigenvalue weighted by Gasteiger charge is 2.39. The van der Waals surface area contributed by atoms with Crippen LogP contribution >= 0.6 is 11.6 Å². The highest BCUT2D eigenvalue weighted by atomic mass is 35.5. The predicted octanol–water partition coefficient (Wildman–Crippen LogP) is 3.92. The first-order valence-corrected chi connectivity index (χ1v) is 11.8. The molecule has 2 atom stereocenters. The number of amides is 2. The molecule has 4 aromatic rings. The number of halogens is 7. The molecule has 1 fully saturated rings. The minimum atomic E-state index is -4.79. The SMILES string of the molecule is Nc1ncnn2c(-c3ccc(Cl)c(C(=O)N[C@@H]4CN(C(=O)c5c(F)cncc5F)C[C@@H]4F)c3)cc(C(F)(F)F)c12. The van der Waals surface area contributed by atoms with E-state index in [-0.39, 0.29) is 21.8 Å². The lowest BCUT2D eigenvalue weighted by Crippen LogP contribution is -2.42. The van der Waals surface area contributed by atoms with Crippen molar-refractivity contribution in [3.63, 3.8) is 0 Å². The Morgan fingerprint density at radius 3 is 2.48 bits per heavy atom. The van der Waals surface area contributed by atoms with Gasteiger partial charge in [0.2, 0.25) is 0 Å². The molecule has 4 heterocycles. The highest BCUT2D eigenvalue weighted by Crippen LogP contribution is 2.39. The number of fused-ring (bicyclic) bond motifs is 1. The molecule has 1 aliphatic rings. The molecular weight excluding hydrogens is 568 g/mol. The smallest absolute Gasteiger partial charge is 0.382 e. The second-order valence-corrected chi connectivity index (χ2v) is 9.23. The summed E-state index contributed by atoms with van der Waals surface area (Å²) in [6.07, 6.45) is -4.35. The van der Waals surface area contributed by atoms with Crippen molar-refractivity contribution in [1.82, 2.24) is 29.8 Å². The van der Waals surface area contributed by atoms with E-state index in [0.29, 0.717) is 12.4 Å². The van der Waals surface area contributed by atoms with Gasteiger partial charge in [0, 0.05) is 12.1 Å². The van der Waals surface area contributed by atoms with E-state index >= 15 is 0 Å². The Balaban J connectivity index is 1.42. The van der Waals surface area contributed by atoms with E-state index in [0.717, 1.165) is 21.8 Å². The molecule has 0 spiro atoms. The third-order valence-electron chi connectivity index (χ3n) is 6.31. The van der Waals surface area contributed by atoms with Crippen molar-refractivity contribution in [3.8, 4) is 11.3 Å². The number of nitrogens with zero attached hydrogens (tertiary/aromatic N) is 5. The van der Waals surface area contributed by atoms with Crippen LogP contribution in [0.25, 0.3) is 16.8 Å². The number of nitrogen functional groups attached to an aromatic ring is 1. The summed E-state index contributed by atoms with van der Waals surface area (Å²) in [6.45, 7) is -0.977. The first-order chi connectivity index (χ1) is 18.9. The van der Waals surface area contributed by atoms with Gasteiger partial charge in [-0.1, -0.05) is 17.7 Å². The molecule has 0 aliphatic carbocycles. The average Bonchev–Trinajstić information content (AvgIpc) is 3.46. The van der Waals surface area contributed by atoms with Gasteiger partial charge < -0.3 is 16.0 Å². The molecule has 3 N–H and O–H groups in total. The first-order valence-electron chi connectivity index (χ1n) is 11.4. The first kappa shape index (κ1) is 27.2. The molecule has 16 heteroatoms. The lowest BCUT2D eigenvalue weighted by atomic mass is 10.1. The van der Waals surface area contributed by atoms with Crippen molar-refractivity contribution in [3.05, 3.63) is 76.3 Å². The van der Waals surface area contributed by atoms with Crippen molar-refractivity contribution >= 4 is 34.7 Å². The van der Waals surface area contributed by atoms with Crippen LogP contribution in [0.4, 0.5) is 32.2 Å². The molecule has 5 rings (SSSR count). The third-order valence-corrected chi connectivity index (χ3v) is 6.64. The van der Waals surface area contributed by atoms with Crippen LogP contribution in [0.3, 0.4) is 0 Å². The maximum atomic E-state index is 14.8. The quantitative estimate of drug-likeness (QED) is 0.352. The molecule has 3 aromatic heterocycles. The number of rotatable bonds is 4. The van der Waals surface area contributed by atoms with E-state index in [1.807, 2.05) is 0 Å². The van der Waals surface area contributed by atoms with Crippen molar-refractivity contribution in [2.75, 3.05) is 18.8 Å². The fourth-order valence-corrected chi connectivity index (χ4v) is 4.64. The summed E-state index contributed by atoms with van der Waals surface area (Å²) in [5.41, 5.74) is 2.99. The Morgan fingerprint density at radius 1 is 1.10 bits per heavy atom. The molecule has 1 saturated heterocycles. The molecule has 40 heavy (non-hydrogen) atoms. The van der Waals surface area contributed by atoms with E-state index < -0.39 is 77.4 Å². The molecule has 0 saturated carbocycles. The number of anilines is 1. The minimum Gasteiger partial charge on any atom is -0.382 e.